The number of carbonyl (C=O) groups excluding carboxylic acids is 2. The molecule has 2 amide bonds. The minimum Gasteiger partial charge on any atom is -0.150 e. The van der Waals surface area contributed by atoms with E-state index >= 15 is 0 Å². The fraction of sp³-hybridized carbons (Fsp3) is 0.0400. The second kappa shape index (κ2) is 24.3. The predicted octanol–water partition coefficient (Wildman–Crippen LogP) is 11.2. The Balaban J connectivity index is 0.000000171. The Bertz CT molecular complexity index is 2230. The summed E-state index contributed by atoms with van der Waals surface area (Å²) in [4.78, 5) is 18.9. The number of aryl methyl sites for hydroxylation is 2. The van der Waals surface area contributed by atoms with Crippen molar-refractivity contribution in [3.63, 3.8) is 0 Å². The molecule has 0 saturated heterocycles. The molecule has 0 aliphatic rings. The van der Waals surface area contributed by atoms with Crippen LogP contribution in [0.1, 0.15) is 22.3 Å². The molecular formula is C50H43InN2O2Zr. The predicted molar refractivity (Wildman–Crippen MR) is 232 cm³/mol. The number of amides is 2. The van der Waals surface area contributed by atoms with E-state index in [9.17, 15) is 9.59 Å². The van der Waals surface area contributed by atoms with Crippen LogP contribution in [0.25, 0.3) is 49.9 Å². The first-order valence-electron chi connectivity index (χ1n) is 18.1. The fourth-order valence-corrected chi connectivity index (χ4v) is 6.69. The molecule has 0 heterocycles. The summed E-state index contributed by atoms with van der Waals surface area (Å²) in [5.41, 5.74) is 10.2. The number of benzene rings is 6. The maximum atomic E-state index is 9.46. The quantitative estimate of drug-likeness (QED) is 0.0656. The number of hydrogen-bond donors (Lipinski definition) is 2. The minimum absolute atomic E-state index is 0. The Hall–Kier alpha value is -5.29. The van der Waals surface area contributed by atoms with E-state index in [0.717, 1.165) is 5.56 Å². The van der Waals surface area contributed by atoms with E-state index in [1.54, 1.807) is 0 Å². The van der Waals surface area contributed by atoms with Crippen LogP contribution in [0, 0.1) is 19.9 Å². The molecule has 2 N–H and O–H groups in total. The average Bonchev–Trinajstić information content (AvgIpc) is 3.82. The first kappa shape index (κ1) is 43.4. The molecule has 0 saturated carbocycles. The maximum Gasteiger partial charge on any atom is 3.00 e. The van der Waals surface area contributed by atoms with Crippen molar-refractivity contribution in [2.24, 2.45) is 0 Å². The minimum atomic E-state index is -1.20. The molecule has 0 fully saturated rings. The average molecular weight is 910 g/mol. The van der Waals surface area contributed by atoms with Gasteiger partial charge in [0, 0.05) is 0 Å². The molecule has 4 nitrogen and oxygen atoms in total. The number of rotatable bonds is 9. The van der Waals surface area contributed by atoms with Crippen molar-refractivity contribution in [3.8, 4) is 22.3 Å². The zero-order chi connectivity index (χ0) is 38.5. The van der Waals surface area contributed by atoms with Crippen LogP contribution in [0.15, 0.2) is 194 Å². The normalized spacial score (nSPS) is 10.2. The molecule has 0 aliphatic carbocycles. The fourth-order valence-electron chi connectivity index (χ4n) is 6.03. The van der Waals surface area contributed by atoms with Crippen molar-refractivity contribution in [1.82, 2.24) is 6.61 Å². The van der Waals surface area contributed by atoms with Gasteiger partial charge in [-0.05, 0) is 16.7 Å². The molecule has 272 valence electrons. The van der Waals surface area contributed by atoms with E-state index in [-0.39, 0.29) is 26.2 Å². The molecule has 8 aromatic carbocycles. The maximum absolute atomic E-state index is 9.46. The third-order valence-electron chi connectivity index (χ3n) is 8.47. The van der Waals surface area contributed by atoms with Gasteiger partial charge in [-0.2, -0.15) is 12.1 Å². The topological polar surface area (TPSA) is 58.2 Å². The van der Waals surface area contributed by atoms with Crippen LogP contribution in [0.5, 0.6) is 0 Å². The van der Waals surface area contributed by atoms with Crippen molar-refractivity contribution >= 4 is 63.9 Å². The summed E-state index contributed by atoms with van der Waals surface area (Å²) >= 11 is -1.20. The summed E-state index contributed by atoms with van der Waals surface area (Å²) in [5.74, 6) is 0. The van der Waals surface area contributed by atoms with Gasteiger partial charge in [-0.15, -0.1) is 117 Å². The van der Waals surface area contributed by atoms with Gasteiger partial charge >= 0.3 is 78.7 Å². The molecule has 0 spiro atoms. The van der Waals surface area contributed by atoms with Crippen molar-refractivity contribution in [1.29, 1.82) is 0 Å². The summed E-state index contributed by atoms with van der Waals surface area (Å²) in [5, 5.41) is 5.37. The van der Waals surface area contributed by atoms with Gasteiger partial charge in [0.2, 0.25) is 0 Å². The zero-order valence-corrected chi connectivity index (χ0v) is 37.4. The van der Waals surface area contributed by atoms with Crippen molar-refractivity contribution < 1.29 is 35.8 Å². The number of hydrogen-bond acceptors (Lipinski definition) is 2. The van der Waals surface area contributed by atoms with E-state index < -0.39 is 23.5 Å². The number of carbonyl (C=O) groups is 2. The van der Waals surface area contributed by atoms with E-state index in [0.29, 0.717) is 12.8 Å². The molecule has 2 radical (unpaired) electrons. The molecule has 0 bridgehead atoms. The van der Waals surface area contributed by atoms with E-state index in [1.165, 1.54) is 60.5 Å². The second-order valence-electron chi connectivity index (χ2n) is 12.6. The largest absolute Gasteiger partial charge is 3.00 e. The van der Waals surface area contributed by atoms with E-state index in [1.807, 2.05) is 60.7 Å². The third-order valence-corrected chi connectivity index (χ3v) is 10.2. The van der Waals surface area contributed by atoms with Crippen LogP contribution in [0.3, 0.4) is 0 Å². The Labute approximate surface area is 362 Å². The first-order valence-corrected chi connectivity index (χ1v) is 21.4. The van der Waals surface area contributed by atoms with Crippen LogP contribution in [-0.2, 0) is 35.8 Å². The van der Waals surface area contributed by atoms with Crippen LogP contribution >= 0.6 is 0 Å². The molecule has 8 aromatic rings. The Morgan fingerprint density at radius 3 is 1.41 bits per heavy atom. The van der Waals surface area contributed by atoms with Gasteiger partial charge in [0.05, 0.1) is 0 Å². The van der Waals surface area contributed by atoms with Gasteiger partial charge in [-0.1, -0.05) is 140 Å². The second-order valence-corrected chi connectivity index (χ2v) is 15.3. The standard InChI is InChI=1S/3C16H13.2CH3NO.In.Zr/c2*1-12-10-14-8-5-9-15(16(14)11-12)13-6-3-2-4-7-13;1-3-9-15(10-4-1)13-7-8-14-16-11-5-2-6-12-16;2*2-1-3;;/h2*2-11H,1H3;1-13H;2*1H,(H2,2,3);;/q3*-1;;;+2;+3/p-2. The Kier molecular flexibility index (Phi) is 18.8. The third kappa shape index (κ3) is 13.8. The smallest absolute Gasteiger partial charge is 0.150 e. The van der Waals surface area contributed by atoms with Gasteiger partial charge in [-0.25, -0.2) is 0 Å². The van der Waals surface area contributed by atoms with E-state index in [2.05, 4.69) is 166 Å². The molecule has 0 atom stereocenters. The Morgan fingerprint density at radius 2 is 0.964 bits per heavy atom. The summed E-state index contributed by atoms with van der Waals surface area (Å²) in [7, 11) is 0. The molecule has 8 rings (SSSR count). The molecule has 0 aliphatic heterocycles. The molecule has 56 heavy (non-hydrogen) atoms. The van der Waals surface area contributed by atoms with E-state index in [4.69, 9.17) is 0 Å². The summed E-state index contributed by atoms with van der Waals surface area (Å²) in [6, 6.07) is 63.4. The van der Waals surface area contributed by atoms with Crippen LogP contribution < -0.4 is 6.61 Å². The van der Waals surface area contributed by atoms with Crippen LogP contribution in [-0.4, -0.2) is 36.3 Å². The number of nitrogens with one attached hydrogen (secondary N) is 2. The first-order chi connectivity index (χ1) is 27.1. The van der Waals surface area contributed by atoms with Gasteiger partial charge in [0.25, 0.3) is 0 Å². The van der Waals surface area contributed by atoms with Gasteiger partial charge in [0.15, 0.2) is 0 Å². The van der Waals surface area contributed by atoms with Crippen LogP contribution in [0.4, 0.5) is 0 Å². The van der Waals surface area contributed by atoms with Gasteiger partial charge in [0.1, 0.15) is 0 Å². The summed E-state index contributed by atoms with van der Waals surface area (Å²) in [6.07, 6.45) is 10.4. The number of allylic oxidation sites excluding steroid dienone is 2. The number of fused-ring (bicyclic) bond motifs is 2. The molecule has 0 aromatic heterocycles. The van der Waals surface area contributed by atoms with Crippen molar-refractivity contribution in [3.05, 3.63) is 222 Å². The molecular weight excluding hydrogens is 867 g/mol. The Morgan fingerprint density at radius 1 is 0.536 bits per heavy atom. The van der Waals surface area contributed by atoms with Crippen molar-refractivity contribution in [2.75, 3.05) is 0 Å². The molecule has 0 unspecified atom stereocenters. The SMILES string of the molecule is Cc1cc2c(-c3ccccc3)cccc2[cH-]1.Cc1cc2c(-c3ccccc3)cccc2[cH-]1.O=C[NH][In][NH]C=O.[C-](=CC=Cc1ccccc1)c1ccccc1.[Zr+3]. The summed E-state index contributed by atoms with van der Waals surface area (Å²) in [6.45, 7) is 4.30. The van der Waals surface area contributed by atoms with Gasteiger partial charge < -0.3 is 0 Å². The van der Waals surface area contributed by atoms with Crippen LogP contribution in [0.2, 0.25) is 0 Å². The van der Waals surface area contributed by atoms with Gasteiger partial charge in [-0.3, -0.25) is 0 Å². The molecule has 6 heteroatoms. The monoisotopic (exact) mass is 908 g/mol. The summed E-state index contributed by atoms with van der Waals surface area (Å²) < 4.78 is 4.83. The zero-order valence-electron chi connectivity index (χ0n) is 31.6. The van der Waals surface area contributed by atoms with Crippen molar-refractivity contribution in [2.45, 2.75) is 13.8 Å².